The number of carbonyl (C=O) groups is 1. The highest BCUT2D eigenvalue weighted by molar-refractivity contribution is 7.89. The zero-order chi connectivity index (χ0) is 21.6. The average Bonchev–Trinajstić information content (AvgIpc) is 3.04. The van der Waals surface area contributed by atoms with Crippen molar-refractivity contribution in [3.05, 3.63) is 76.3 Å². The fraction of sp³-hybridized carbons (Fsp3) is 0.318. The van der Waals surface area contributed by atoms with Gasteiger partial charge in [-0.1, -0.05) is 68.8 Å². The van der Waals surface area contributed by atoms with Crippen LogP contribution in [-0.2, 0) is 14.8 Å². The van der Waals surface area contributed by atoms with Crippen LogP contribution < -0.4 is 0 Å². The smallest absolute Gasteiger partial charge is 0.333 e. The molecule has 2 aromatic carbocycles. The van der Waals surface area contributed by atoms with Crippen LogP contribution in [0.5, 0.6) is 0 Å². The van der Waals surface area contributed by atoms with Crippen molar-refractivity contribution in [3.63, 3.8) is 0 Å². The van der Waals surface area contributed by atoms with Crippen molar-refractivity contribution < 1.29 is 18.3 Å². The van der Waals surface area contributed by atoms with Crippen molar-refractivity contribution in [2.45, 2.75) is 44.7 Å². The Bertz CT molecular complexity index is 1070. The van der Waals surface area contributed by atoms with Crippen LogP contribution in [0.15, 0.2) is 65.1 Å². The second kappa shape index (κ2) is 7.59. The van der Waals surface area contributed by atoms with Crippen LogP contribution in [0.25, 0.3) is 0 Å². The zero-order valence-electron chi connectivity index (χ0n) is 16.8. The first-order chi connectivity index (χ1) is 13.4. The van der Waals surface area contributed by atoms with E-state index in [1.165, 1.54) is 4.31 Å². The molecule has 0 fully saturated rings. The summed E-state index contributed by atoms with van der Waals surface area (Å²) in [4.78, 5) is 12.3. The summed E-state index contributed by atoms with van der Waals surface area (Å²) in [6.45, 7) is 7.44. The monoisotopic (exact) mass is 433 g/mol. The molecule has 1 heterocycles. The molecule has 3 rings (SSSR count). The molecule has 0 amide bonds. The number of aliphatic carboxylic acids is 1. The van der Waals surface area contributed by atoms with E-state index >= 15 is 0 Å². The Balaban J connectivity index is 2.27. The molecule has 1 aliphatic rings. The van der Waals surface area contributed by atoms with E-state index in [-0.39, 0.29) is 10.5 Å². The van der Waals surface area contributed by atoms with Crippen molar-refractivity contribution in [1.29, 1.82) is 0 Å². The molecule has 7 heteroatoms. The molecule has 0 aromatic heterocycles. The van der Waals surface area contributed by atoms with Crippen molar-refractivity contribution in [2.24, 2.45) is 5.41 Å². The molecule has 0 saturated carbocycles. The standard InChI is InChI=1S/C22H24ClNO4S/c1-14-7-5-6-8-18(14)29(27,28)24-19(22(2,3)4)13-17(21(25)26)20(24)15-9-11-16(23)12-10-15/h5-13,19-20H,1-4H3,(H,25,26). The summed E-state index contributed by atoms with van der Waals surface area (Å²) in [5.74, 6) is -1.14. The van der Waals surface area contributed by atoms with Gasteiger partial charge in [0.2, 0.25) is 10.0 Å². The summed E-state index contributed by atoms with van der Waals surface area (Å²) in [5, 5.41) is 10.4. The maximum Gasteiger partial charge on any atom is 0.333 e. The van der Waals surface area contributed by atoms with E-state index in [2.05, 4.69) is 0 Å². The molecule has 0 aliphatic carbocycles. The fourth-order valence-corrected chi connectivity index (χ4v) is 5.94. The number of aryl methyl sites for hydroxylation is 1. The van der Waals surface area contributed by atoms with E-state index in [4.69, 9.17) is 11.6 Å². The lowest BCUT2D eigenvalue weighted by Gasteiger charge is -2.37. The minimum Gasteiger partial charge on any atom is -0.478 e. The topological polar surface area (TPSA) is 74.7 Å². The van der Waals surface area contributed by atoms with Crippen LogP contribution in [0.1, 0.15) is 37.9 Å². The van der Waals surface area contributed by atoms with Gasteiger partial charge in [0, 0.05) is 11.1 Å². The fourth-order valence-electron chi connectivity index (χ4n) is 3.67. The second-order valence-corrected chi connectivity index (χ2v) is 10.5. The van der Waals surface area contributed by atoms with Crippen molar-refractivity contribution >= 4 is 27.6 Å². The number of sulfonamides is 1. The predicted molar refractivity (Wildman–Crippen MR) is 113 cm³/mol. The molecule has 0 spiro atoms. The minimum atomic E-state index is -3.99. The lowest BCUT2D eigenvalue weighted by molar-refractivity contribution is -0.133. The number of halogens is 1. The number of benzene rings is 2. The molecule has 0 radical (unpaired) electrons. The summed E-state index contributed by atoms with van der Waals surface area (Å²) in [5.41, 5.74) is 0.701. The summed E-state index contributed by atoms with van der Waals surface area (Å²) in [6, 6.07) is 11.8. The third-order valence-electron chi connectivity index (χ3n) is 5.13. The van der Waals surface area contributed by atoms with Gasteiger partial charge in [-0.3, -0.25) is 0 Å². The first-order valence-electron chi connectivity index (χ1n) is 9.24. The molecular weight excluding hydrogens is 410 g/mol. The van der Waals surface area contributed by atoms with Crippen LogP contribution in [-0.4, -0.2) is 29.8 Å². The number of hydrogen-bond acceptors (Lipinski definition) is 3. The van der Waals surface area contributed by atoms with Gasteiger partial charge in [-0.25, -0.2) is 13.2 Å². The van der Waals surface area contributed by atoms with E-state index in [0.717, 1.165) is 0 Å². The summed E-state index contributed by atoms with van der Waals surface area (Å²) < 4.78 is 28.9. The van der Waals surface area contributed by atoms with E-state index in [9.17, 15) is 18.3 Å². The average molecular weight is 434 g/mol. The van der Waals surface area contributed by atoms with Gasteiger partial charge < -0.3 is 5.11 Å². The van der Waals surface area contributed by atoms with Gasteiger partial charge in [-0.05, 0) is 41.7 Å². The number of nitrogens with zero attached hydrogens (tertiary/aromatic N) is 1. The van der Waals surface area contributed by atoms with Gasteiger partial charge in [0.05, 0.1) is 16.5 Å². The van der Waals surface area contributed by atoms with Gasteiger partial charge in [0.1, 0.15) is 0 Å². The molecule has 2 aromatic rings. The van der Waals surface area contributed by atoms with Crippen LogP contribution in [0, 0.1) is 12.3 Å². The SMILES string of the molecule is Cc1ccccc1S(=O)(=O)N1C(c2ccc(Cl)cc2)C(C(=O)O)=CC1C(C)(C)C. The number of rotatable bonds is 4. The zero-order valence-corrected chi connectivity index (χ0v) is 18.3. The number of hydrogen-bond donors (Lipinski definition) is 1. The maximum atomic E-state index is 13.8. The molecule has 29 heavy (non-hydrogen) atoms. The third-order valence-corrected chi connectivity index (χ3v) is 7.39. The van der Waals surface area contributed by atoms with E-state index in [1.807, 2.05) is 20.8 Å². The lowest BCUT2D eigenvalue weighted by atomic mass is 9.87. The maximum absolute atomic E-state index is 13.8. The molecule has 1 aliphatic heterocycles. The molecule has 1 N–H and O–H groups in total. The Morgan fingerprint density at radius 2 is 1.66 bits per heavy atom. The van der Waals surface area contributed by atoms with Gasteiger partial charge in [-0.2, -0.15) is 4.31 Å². The van der Waals surface area contributed by atoms with E-state index < -0.39 is 33.5 Å². The molecule has 154 valence electrons. The van der Waals surface area contributed by atoms with Gasteiger partial charge in [-0.15, -0.1) is 0 Å². The largest absolute Gasteiger partial charge is 0.478 e. The van der Waals surface area contributed by atoms with E-state index in [0.29, 0.717) is 16.1 Å². The van der Waals surface area contributed by atoms with Crippen LogP contribution >= 0.6 is 11.6 Å². The van der Waals surface area contributed by atoms with Crippen molar-refractivity contribution in [1.82, 2.24) is 4.31 Å². The molecule has 0 bridgehead atoms. The summed E-state index contributed by atoms with van der Waals surface area (Å²) >= 11 is 6.00. The first kappa shape index (κ1) is 21.6. The predicted octanol–water partition coefficient (Wildman–Crippen LogP) is 4.82. The Morgan fingerprint density at radius 1 is 1.07 bits per heavy atom. The molecule has 0 saturated heterocycles. The quantitative estimate of drug-likeness (QED) is 0.750. The van der Waals surface area contributed by atoms with Crippen molar-refractivity contribution in [2.75, 3.05) is 0 Å². The van der Waals surface area contributed by atoms with Gasteiger partial charge >= 0.3 is 5.97 Å². The second-order valence-electron chi connectivity index (χ2n) is 8.29. The van der Waals surface area contributed by atoms with Crippen LogP contribution in [0.4, 0.5) is 0 Å². The minimum absolute atomic E-state index is 0.0457. The molecular formula is C22H24ClNO4S. The lowest BCUT2D eigenvalue weighted by Crippen LogP contribution is -2.45. The highest BCUT2D eigenvalue weighted by Gasteiger charge is 2.49. The normalized spacial score (nSPS) is 20.5. The Hall–Kier alpha value is -2.15. The van der Waals surface area contributed by atoms with Crippen LogP contribution in [0.2, 0.25) is 5.02 Å². The highest BCUT2D eigenvalue weighted by atomic mass is 35.5. The van der Waals surface area contributed by atoms with E-state index in [1.54, 1.807) is 61.5 Å². The number of carboxylic acids is 1. The van der Waals surface area contributed by atoms with Gasteiger partial charge in [0.25, 0.3) is 0 Å². The molecule has 5 nitrogen and oxygen atoms in total. The summed E-state index contributed by atoms with van der Waals surface area (Å²) in [6.07, 6.45) is 1.57. The number of carboxylic acid groups (broad SMARTS) is 1. The first-order valence-corrected chi connectivity index (χ1v) is 11.1. The summed E-state index contributed by atoms with van der Waals surface area (Å²) in [7, 11) is -3.99. The molecule has 2 atom stereocenters. The van der Waals surface area contributed by atoms with Gasteiger partial charge in [0.15, 0.2) is 0 Å². The Kier molecular flexibility index (Phi) is 5.64. The highest BCUT2D eigenvalue weighted by Crippen LogP contribution is 2.46. The van der Waals surface area contributed by atoms with Crippen molar-refractivity contribution in [3.8, 4) is 0 Å². The van der Waals surface area contributed by atoms with Crippen LogP contribution in [0.3, 0.4) is 0 Å². The Morgan fingerprint density at radius 3 is 2.17 bits per heavy atom. The third kappa shape index (κ3) is 3.97. The molecule has 2 unspecified atom stereocenters. The Labute approximate surface area is 176 Å².